The van der Waals surface area contributed by atoms with Gasteiger partial charge in [-0.05, 0) is 73.0 Å². The summed E-state index contributed by atoms with van der Waals surface area (Å²) < 4.78 is 0.942. The maximum absolute atomic E-state index is 12.7. The number of anilines is 3. The van der Waals surface area contributed by atoms with Crippen LogP contribution in [0.5, 0.6) is 0 Å². The smallest absolute Gasteiger partial charge is 0.255 e. The molecular formula is C26H23BrClN5O2. The van der Waals surface area contributed by atoms with Crippen molar-refractivity contribution in [3.8, 4) is 0 Å². The van der Waals surface area contributed by atoms with Crippen LogP contribution in [0.1, 0.15) is 35.7 Å². The minimum atomic E-state index is -0.213. The summed E-state index contributed by atoms with van der Waals surface area (Å²) in [4.78, 5) is 32.7. The SMILES string of the molecule is CC1(C(=O)NCc2ccc(Cl)c(Nc3nc4ccc(C(=O)Nc5ccc(Br)cc5)cc4[nH]3)c2)CC1. The number of amides is 2. The molecule has 0 saturated heterocycles. The van der Waals surface area contributed by atoms with Crippen molar-refractivity contribution in [1.29, 1.82) is 0 Å². The van der Waals surface area contributed by atoms with Gasteiger partial charge in [0.2, 0.25) is 11.9 Å². The fraction of sp³-hybridized carbons (Fsp3) is 0.192. The number of aromatic amines is 1. The fourth-order valence-electron chi connectivity index (χ4n) is 3.66. The normalized spacial score (nSPS) is 13.9. The van der Waals surface area contributed by atoms with E-state index in [1.54, 1.807) is 24.3 Å². The molecule has 0 bridgehead atoms. The Balaban J connectivity index is 1.29. The molecular weight excluding hydrogens is 530 g/mol. The molecule has 1 aliphatic rings. The van der Waals surface area contributed by atoms with Gasteiger partial charge in [0.15, 0.2) is 0 Å². The molecule has 1 heterocycles. The number of imidazole rings is 1. The number of halogens is 2. The molecule has 4 aromatic rings. The zero-order valence-electron chi connectivity index (χ0n) is 18.9. The monoisotopic (exact) mass is 551 g/mol. The van der Waals surface area contributed by atoms with Gasteiger partial charge in [0, 0.05) is 27.7 Å². The third-order valence-corrected chi connectivity index (χ3v) is 6.99. The van der Waals surface area contributed by atoms with E-state index in [4.69, 9.17) is 11.6 Å². The van der Waals surface area contributed by atoms with Crippen LogP contribution in [-0.2, 0) is 11.3 Å². The average molecular weight is 553 g/mol. The average Bonchev–Trinajstić information content (AvgIpc) is 3.47. The Bertz CT molecular complexity index is 1430. The van der Waals surface area contributed by atoms with Crippen LogP contribution in [-0.4, -0.2) is 21.8 Å². The molecule has 1 aromatic heterocycles. The third-order valence-electron chi connectivity index (χ3n) is 6.13. The van der Waals surface area contributed by atoms with Crippen LogP contribution < -0.4 is 16.0 Å². The molecule has 7 nitrogen and oxygen atoms in total. The van der Waals surface area contributed by atoms with Crippen LogP contribution in [0.2, 0.25) is 5.02 Å². The summed E-state index contributed by atoms with van der Waals surface area (Å²) in [7, 11) is 0. The molecule has 5 rings (SSSR count). The van der Waals surface area contributed by atoms with E-state index in [0.29, 0.717) is 45.5 Å². The molecule has 2 amide bonds. The van der Waals surface area contributed by atoms with E-state index in [1.807, 2.05) is 43.3 Å². The Morgan fingerprint density at radius 2 is 1.86 bits per heavy atom. The maximum atomic E-state index is 12.7. The Labute approximate surface area is 215 Å². The van der Waals surface area contributed by atoms with E-state index in [2.05, 4.69) is 41.8 Å². The summed E-state index contributed by atoms with van der Waals surface area (Å²) in [6, 6.07) is 18.2. The predicted octanol–water partition coefficient (Wildman–Crippen LogP) is 6.39. The van der Waals surface area contributed by atoms with Crippen LogP contribution in [0.4, 0.5) is 17.3 Å². The number of nitrogens with zero attached hydrogens (tertiary/aromatic N) is 1. The first-order valence-corrected chi connectivity index (χ1v) is 12.4. The minimum absolute atomic E-state index is 0.0826. The van der Waals surface area contributed by atoms with Crippen molar-refractivity contribution in [2.24, 2.45) is 5.41 Å². The van der Waals surface area contributed by atoms with Crippen molar-refractivity contribution < 1.29 is 9.59 Å². The van der Waals surface area contributed by atoms with E-state index < -0.39 is 0 Å². The lowest BCUT2D eigenvalue weighted by molar-refractivity contribution is -0.125. The molecule has 0 unspecified atom stereocenters. The van der Waals surface area contributed by atoms with Gasteiger partial charge >= 0.3 is 0 Å². The summed E-state index contributed by atoms with van der Waals surface area (Å²) in [5.41, 5.74) is 4.03. The lowest BCUT2D eigenvalue weighted by Gasteiger charge is -2.12. The number of carbonyl (C=O) groups excluding carboxylic acids is 2. The number of fused-ring (bicyclic) bond motifs is 1. The van der Waals surface area contributed by atoms with Crippen LogP contribution >= 0.6 is 27.5 Å². The highest BCUT2D eigenvalue weighted by molar-refractivity contribution is 9.10. The summed E-state index contributed by atoms with van der Waals surface area (Å²) in [6.45, 7) is 2.41. The second-order valence-electron chi connectivity index (χ2n) is 8.96. The Morgan fingerprint density at radius 1 is 1.09 bits per heavy atom. The van der Waals surface area contributed by atoms with Gasteiger partial charge < -0.3 is 20.9 Å². The van der Waals surface area contributed by atoms with Gasteiger partial charge in [-0.2, -0.15) is 0 Å². The molecule has 1 fully saturated rings. The first kappa shape index (κ1) is 23.4. The number of carbonyl (C=O) groups is 2. The van der Waals surface area contributed by atoms with E-state index in [9.17, 15) is 9.59 Å². The lowest BCUT2D eigenvalue weighted by atomic mass is 10.1. The van der Waals surface area contributed by atoms with Gasteiger partial charge in [-0.1, -0.05) is 40.5 Å². The molecule has 0 radical (unpaired) electrons. The number of hydrogen-bond acceptors (Lipinski definition) is 4. The second-order valence-corrected chi connectivity index (χ2v) is 10.3. The quantitative estimate of drug-likeness (QED) is 0.213. The van der Waals surface area contributed by atoms with Crippen LogP contribution in [0.25, 0.3) is 11.0 Å². The highest BCUT2D eigenvalue weighted by atomic mass is 79.9. The molecule has 35 heavy (non-hydrogen) atoms. The Morgan fingerprint density at radius 3 is 2.60 bits per heavy atom. The van der Waals surface area contributed by atoms with E-state index in [0.717, 1.165) is 22.9 Å². The van der Waals surface area contributed by atoms with Crippen LogP contribution in [0.3, 0.4) is 0 Å². The van der Waals surface area contributed by atoms with Crippen molar-refractivity contribution in [2.45, 2.75) is 26.3 Å². The number of hydrogen-bond donors (Lipinski definition) is 4. The molecule has 1 saturated carbocycles. The molecule has 0 aliphatic heterocycles. The number of nitrogens with one attached hydrogen (secondary N) is 4. The number of aromatic nitrogens is 2. The summed E-state index contributed by atoms with van der Waals surface area (Å²) in [6.07, 6.45) is 1.87. The topological polar surface area (TPSA) is 98.9 Å². The van der Waals surface area contributed by atoms with Gasteiger partial charge in [0.1, 0.15) is 0 Å². The van der Waals surface area contributed by atoms with Crippen LogP contribution in [0, 0.1) is 5.41 Å². The van der Waals surface area contributed by atoms with E-state index in [-0.39, 0.29) is 17.2 Å². The zero-order valence-corrected chi connectivity index (χ0v) is 21.3. The zero-order chi connectivity index (χ0) is 24.6. The second kappa shape index (κ2) is 9.36. The molecule has 0 spiro atoms. The van der Waals surface area contributed by atoms with Gasteiger partial charge in [-0.3, -0.25) is 9.59 Å². The number of rotatable bonds is 7. The van der Waals surface area contributed by atoms with Gasteiger partial charge in [0.25, 0.3) is 5.91 Å². The Kier molecular flexibility index (Phi) is 6.25. The largest absolute Gasteiger partial charge is 0.352 e. The minimum Gasteiger partial charge on any atom is -0.352 e. The van der Waals surface area contributed by atoms with Gasteiger partial charge in [0.05, 0.1) is 21.7 Å². The summed E-state index contributed by atoms with van der Waals surface area (Å²) in [5.74, 6) is 0.370. The highest BCUT2D eigenvalue weighted by Gasteiger charge is 2.44. The van der Waals surface area contributed by atoms with Crippen molar-refractivity contribution in [1.82, 2.24) is 15.3 Å². The molecule has 1 aliphatic carbocycles. The molecule has 4 N–H and O–H groups in total. The van der Waals surface area contributed by atoms with E-state index in [1.165, 1.54) is 0 Å². The summed E-state index contributed by atoms with van der Waals surface area (Å²) >= 11 is 9.78. The number of benzene rings is 3. The van der Waals surface area contributed by atoms with Gasteiger partial charge in [-0.25, -0.2) is 4.98 Å². The molecule has 0 atom stereocenters. The lowest BCUT2D eigenvalue weighted by Crippen LogP contribution is -2.29. The van der Waals surface area contributed by atoms with E-state index >= 15 is 0 Å². The Hall–Kier alpha value is -3.36. The maximum Gasteiger partial charge on any atom is 0.255 e. The molecule has 9 heteroatoms. The first-order chi connectivity index (χ1) is 16.8. The summed E-state index contributed by atoms with van der Waals surface area (Å²) in [5, 5.41) is 9.62. The van der Waals surface area contributed by atoms with Gasteiger partial charge in [-0.15, -0.1) is 0 Å². The molecule has 3 aromatic carbocycles. The van der Waals surface area contributed by atoms with Crippen molar-refractivity contribution >= 4 is 67.7 Å². The first-order valence-electron chi connectivity index (χ1n) is 11.2. The van der Waals surface area contributed by atoms with Crippen molar-refractivity contribution in [2.75, 3.05) is 10.6 Å². The standard InChI is InChI=1S/C26H23BrClN5O2/c1-26(10-11-26)24(35)29-14-15-2-8-19(28)21(12-15)32-25-31-20-9-3-16(13-22(20)33-25)23(34)30-18-6-4-17(27)5-7-18/h2-9,12-13H,10-11,14H2,1H3,(H,29,35)(H,30,34)(H2,31,32,33). The fourth-order valence-corrected chi connectivity index (χ4v) is 4.09. The molecule has 178 valence electrons. The van der Waals surface area contributed by atoms with Crippen molar-refractivity contribution in [3.05, 3.63) is 81.3 Å². The predicted molar refractivity (Wildman–Crippen MR) is 142 cm³/mol. The highest BCUT2D eigenvalue weighted by Crippen LogP contribution is 2.45. The van der Waals surface area contributed by atoms with Crippen molar-refractivity contribution in [3.63, 3.8) is 0 Å². The number of H-pyrrole nitrogens is 1. The third kappa shape index (κ3) is 5.33. The van der Waals surface area contributed by atoms with Crippen LogP contribution in [0.15, 0.2) is 65.1 Å².